The topological polar surface area (TPSA) is 80.4 Å². The number of rotatable bonds is 1. The Morgan fingerprint density at radius 1 is 1.33 bits per heavy atom. The first-order valence-electron chi connectivity index (χ1n) is 2.92. The minimum Gasteiger partial charge on any atom is -0.508 e. The molecule has 1 aromatic carbocycles. The summed E-state index contributed by atoms with van der Waals surface area (Å²) in [7, 11) is -3.74. The Morgan fingerprint density at radius 2 is 1.92 bits per heavy atom. The maximum atomic E-state index is 10.8. The Labute approximate surface area is 78.2 Å². The molecule has 0 saturated heterocycles. The predicted octanol–water partition coefficient (Wildman–Crippen LogP) is 0.802. The second-order valence-electron chi connectivity index (χ2n) is 2.19. The van der Waals surface area contributed by atoms with Gasteiger partial charge in [0.1, 0.15) is 5.75 Å². The van der Waals surface area contributed by atoms with E-state index in [1.165, 1.54) is 12.1 Å². The summed E-state index contributed by atoms with van der Waals surface area (Å²) in [5, 5.41) is 13.8. The van der Waals surface area contributed by atoms with E-state index in [4.69, 9.17) is 10.2 Å². The van der Waals surface area contributed by atoms with Crippen molar-refractivity contribution in [1.82, 2.24) is 0 Å². The Kier molecular flexibility index (Phi) is 2.41. The number of halogens is 1. The number of benzene rings is 1. The third-order valence-electron chi connectivity index (χ3n) is 1.18. The number of phenolic OH excluding ortho intramolecular Hbond substituents is 1. The molecular weight excluding hydrogens is 246 g/mol. The number of nitrogens with two attached hydrogens (primary N) is 1. The van der Waals surface area contributed by atoms with Crippen LogP contribution in [-0.2, 0) is 10.0 Å². The minimum absolute atomic E-state index is 0.116. The molecule has 1 rings (SSSR count). The van der Waals surface area contributed by atoms with E-state index in [1.807, 2.05) is 0 Å². The standard InChI is InChI=1S/C6H6BrNO3S/c7-4-1-5(9)3-6(2-4)12(8,10)11/h1-3,9H,(H2,8,10,11). The minimum atomic E-state index is -3.74. The summed E-state index contributed by atoms with van der Waals surface area (Å²) in [4.78, 5) is -0.116. The highest BCUT2D eigenvalue weighted by Crippen LogP contribution is 2.22. The molecule has 0 atom stereocenters. The van der Waals surface area contributed by atoms with Crippen molar-refractivity contribution in [1.29, 1.82) is 0 Å². The summed E-state index contributed by atoms with van der Waals surface area (Å²) in [6.45, 7) is 0. The molecule has 0 unspecified atom stereocenters. The highest BCUT2D eigenvalue weighted by atomic mass is 79.9. The molecule has 0 aromatic heterocycles. The molecule has 0 radical (unpaired) electrons. The molecule has 12 heavy (non-hydrogen) atoms. The van der Waals surface area contributed by atoms with Gasteiger partial charge in [0.25, 0.3) is 0 Å². The fraction of sp³-hybridized carbons (Fsp3) is 0. The van der Waals surface area contributed by atoms with Crippen LogP contribution >= 0.6 is 15.9 Å². The first kappa shape index (κ1) is 9.50. The van der Waals surface area contributed by atoms with Crippen LogP contribution in [0.25, 0.3) is 0 Å². The smallest absolute Gasteiger partial charge is 0.238 e. The van der Waals surface area contributed by atoms with Gasteiger partial charge in [-0.15, -0.1) is 0 Å². The Balaban J connectivity index is 3.37. The summed E-state index contributed by atoms with van der Waals surface area (Å²) < 4.78 is 22.0. The monoisotopic (exact) mass is 251 g/mol. The van der Waals surface area contributed by atoms with Gasteiger partial charge in [0, 0.05) is 4.47 Å². The van der Waals surface area contributed by atoms with Crippen molar-refractivity contribution < 1.29 is 13.5 Å². The van der Waals surface area contributed by atoms with Gasteiger partial charge >= 0.3 is 0 Å². The predicted molar refractivity (Wildman–Crippen MR) is 47.2 cm³/mol. The van der Waals surface area contributed by atoms with Gasteiger partial charge in [-0.25, -0.2) is 13.6 Å². The van der Waals surface area contributed by atoms with Gasteiger partial charge in [-0.1, -0.05) is 15.9 Å². The molecule has 0 spiro atoms. The average molecular weight is 252 g/mol. The zero-order valence-corrected chi connectivity index (χ0v) is 8.26. The molecule has 1 aromatic rings. The van der Waals surface area contributed by atoms with Crippen molar-refractivity contribution in [3.8, 4) is 5.75 Å². The maximum Gasteiger partial charge on any atom is 0.238 e. The lowest BCUT2D eigenvalue weighted by Crippen LogP contribution is -2.11. The zero-order valence-electron chi connectivity index (χ0n) is 5.86. The van der Waals surface area contributed by atoms with Gasteiger partial charge in [0.2, 0.25) is 10.0 Å². The Bertz CT molecular complexity index is 381. The number of aromatic hydroxyl groups is 1. The molecule has 0 aliphatic heterocycles. The fourth-order valence-corrected chi connectivity index (χ4v) is 1.92. The third-order valence-corrected chi connectivity index (χ3v) is 2.54. The average Bonchev–Trinajstić information content (AvgIpc) is 1.82. The van der Waals surface area contributed by atoms with Crippen LogP contribution in [0.2, 0.25) is 0 Å². The second kappa shape index (κ2) is 3.04. The molecule has 0 aliphatic rings. The molecule has 3 N–H and O–H groups in total. The zero-order chi connectivity index (χ0) is 9.35. The fourth-order valence-electron chi connectivity index (χ4n) is 0.712. The molecule has 6 heteroatoms. The molecule has 66 valence electrons. The normalized spacial score (nSPS) is 11.5. The summed E-state index contributed by atoms with van der Waals surface area (Å²) >= 11 is 3.03. The van der Waals surface area contributed by atoms with Crippen LogP contribution < -0.4 is 5.14 Å². The van der Waals surface area contributed by atoms with Gasteiger partial charge in [0.15, 0.2) is 0 Å². The van der Waals surface area contributed by atoms with E-state index in [9.17, 15) is 8.42 Å². The van der Waals surface area contributed by atoms with Crippen molar-refractivity contribution in [2.45, 2.75) is 4.90 Å². The molecule has 0 amide bonds. The number of hydrogen-bond acceptors (Lipinski definition) is 3. The molecular formula is C6H6BrNO3S. The number of hydrogen-bond donors (Lipinski definition) is 2. The van der Waals surface area contributed by atoms with Crippen LogP contribution in [0.4, 0.5) is 0 Å². The van der Waals surface area contributed by atoms with Crippen molar-refractivity contribution >= 4 is 26.0 Å². The largest absolute Gasteiger partial charge is 0.508 e. The van der Waals surface area contributed by atoms with Crippen LogP contribution in [0, 0.1) is 0 Å². The lowest BCUT2D eigenvalue weighted by atomic mass is 10.3. The van der Waals surface area contributed by atoms with Crippen molar-refractivity contribution in [2.75, 3.05) is 0 Å². The van der Waals surface area contributed by atoms with Crippen LogP contribution in [0.1, 0.15) is 0 Å². The highest BCUT2D eigenvalue weighted by molar-refractivity contribution is 9.10. The summed E-state index contributed by atoms with van der Waals surface area (Å²) in [5.74, 6) is -0.145. The maximum absolute atomic E-state index is 10.8. The van der Waals surface area contributed by atoms with E-state index < -0.39 is 10.0 Å². The van der Waals surface area contributed by atoms with Gasteiger partial charge < -0.3 is 5.11 Å². The Morgan fingerprint density at radius 3 is 2.33 bits per heavy atom. The first-order valence-corrected chi connectivity index (χ1v) is 5.26. The molecule has 0 bridgehead atoms. The van der Waals surface area contributed by atoms with Crippen LogP contribution in [-0.4, -0.2) is 13.5 Å². The quantitative estimate of drug-likeness (QED) is 0.775. The van der Waals surface area contributed by atoms with Crippen molar-refractivity contribution in [2.24, 2.45) is 5.14 Å². The van der Waals surface area contributed by atoms with Gasteiger partial charge in [-0.3, -0.25) is 0 Å². The van der Waals surface area contributed by atoms with Crippen molar-refractivity contribution in [3.63, 3.8) is 0 Å². The van der Waals surface area contributed by atoms with E-state index in [0.717, 1.165) is 6.07 Å². The molecule has 0 heterocycles. The summed E-state index contributed by atoms with van der Waals surface area (Å²) in [6, 6.07) is 3.77. The van der Waals surface area contributed by atoms with E-state index in [0.29, 0.717) is 4.47 Å². The van der Waals surface area contributed by atoms with Gasteiger partial charge in [-0.2, -0.15) is 0 Å². The molecule has 4 nitrogen and oxygen atoms in total. The summed E-state index contributed by atoms with van der Waals surface area (Å²) in [5.41, 5.74) is 0. The van der Waals surface area contributed by atoms with Crippen LogP contribution in [0.5, 0.6) is 5.75 Å². The van der Waals surface area contributed by atoms with E-state index in [1.54, 1.807) is 0 Å². The van der Waals surface area contributed by atoms with Crippen LogP contribution in [0.3, 0.4) is 0 Å². The third kappa shape index (κ3) is 2.20. The van der Waals surface area contributed by atoms with E-state index in [2.05, 4.69) is 15.9 Å². The van der Waals surface area contributed by atoms with Crippen molar-refractivity contribution in [3.05, 3.63) is 22.7 Å². The Hall–Kier alpha value is -0.590. The van der Waals surface area contributed by atoms with E-state index in [-0.39, 0.29) is 10.6 Å². The number of primary sulfonamides is 1. The van der Waals surface area contributed by atoms with Gasteiger partial charge in [-0.05, 0) is 18.2 Å². The molecule has 0 fully saturated rings. The lowest BCUT2D eigenvalue weighted by molar-refractivity contribution is 0.472. The molecule has 0 saturated carbocycles. The number of phenols is 1. The second-order valence-corrected chi connectivity index (χ2v) is 4.67. The first-order chi connectivity index (χ1) is 5.39. The number of sulfonamides is 1. The SMILES string of the molecule is NS(=O)(=O)c1cc(O)cc(Br)c1. The van der Waals surface area contributed by atoms with Crippen LogP contribution in [0.15, 0.2) is 27.6 Å². The van der Waals surface area contributed by atoms with E-state index >= 15 is 0 Å². The molecule has 0 aliphatic carbocycles. The lowest BCUT2D eigenvalue weighted by Gasteiger charge is -1.99. The van der Waals surface area contributed by atoms with Gasteiger partial charge in [0.05, 0.1) is 4.90 Å². The summed E-state index contributed by atoms with van der Waals surface area (Å²) in [6.07, 6.45) is 0. The highest BCUT2D eigenvalue weighted by Gasteiger charge is 2.09.